The van der Waals surface area contributed by atoms with Gasteiger partial charge in [-0.3, -0.25) is 0 Å². The third-order valence-corrected chi connectivity index (χ3v) is 10.7. The number of aromatic nitrogens is 4. The van der Waals surface area contributed by atoms with Crippen LogP contribution in [0.2, 0.25) is 0 Å². The second kappa shape index (κ2) is 13.0. The Morgan fingerprint density at radius 1 is 0.321 bits per heavy atom. The van der Waals surface area contributed by atoms with E-state index >= 15 is 0 Å². The Balaban J connectivity index is 1.10. The van der Waals surface area contributed by atoms with Crippen molar-refractivity contribution in [3.63, 3.8) is 0 Å². The number of furan rings is 1. The predicted molar refractivity (Wildman–Crippen MR) is 229 cm³/mol. The molecular formula is C51H32N4O. The van der Waals surface area contributed by atoms with Crippen molar-refractivity contribution in [2.75, 3.05) is 0 Å². The lowest BCUT2D eigenvalue weighted by atomic mass is 9.99. The molecule has 0 saturated heterocycles. The molecule has 56 heavy (non-hydrogen) atoms. The Bertz CT molecular complexity index is 3160. The van der Waals surface area contributed by atoms with Gasteiger partial charge in [0.2, 0.25) is 0 Å². The fourth-order valence-electron chi connectivity index (χ4n) is 7.99. The summed E-state index contributed by atoms with van der Waals surface area (Å²) in [5.74, 6) is 1.88. The van der Waals surface area contributed by atoms with Crippen molar-refractivity contribution < 1.29 is 4.42 Å². The topological polar surface area (TPSA) is 56.7 Å². The van der Waals surface area contributed by atoms with Crippen molar-refractivity contribution in [2.24, 2.45) is 0 Å². The van der Waals surface area contributed by atoms with Gasteiger partial charge in [-0.1, -0.05) is 176 Å². The first-order valence-electron chi connectivity index (χ1n) is 18.8. The molecule has 0 aliphatic rings. The molecule has 8 aromatic carbocycles. The average Bonchev–Trinajstić information content (AvgIpc) is 3.83. The smallest absolute Gasteiger partial charge is 0.164 e. The fraction of sp³-hybridized carbons (Fsp3) is 0. The molecule has 0 spiro atoms. The molecule has 0 aliphatic carbocycles. The third kappa shape index (κ3) is 5.29. The summed E-state index contributed by atoms with van der Waals surface area (Å²) in [6.45, 7) is 0. The van der Waals surface area contributed by atoms with E-state index in [2.05, 4.69) is 132 Å². The predicted octanol–water partition coefficient (Wildman–Crippen LogP) is 13.2. The van der Waals surface area contributed by atoms with E-state index < -0.39 is 0 Å². The van der Waals surface area contributed by atoms with Crippen LogP contribution in [0.5, 0.6) is 0 Å². The van der Waals surface area contributed by atoms with Crippen molar-refractivity contribution in [1.82, 2.24) is 19.5 Å². The molecule has 3 aromatic heterocycles. The van der Waals surface area contributed by atoms with Gasteiger partial charge in [0.15, 0.2) is 23.1 Å². The van der Waals surface area contributed by atoms with Crippen molar-refractivity contribution >= 4 is 43.7 Å². The van der Waals surface area contributed by atoms with E-state index in [1.807, 2.05) is 66.7 Å². The molecule has 5 nitrogen and oxygen atoms in total. The standard InChI is InChI=1S/C51H32N4O/c1-4-14-33(15-5-1)34-26-28-35(29-27-34)39-21-12-22-42-43-23-13-25-45(48(43)56-47(39)42)55-44-24-11-10-20-40(44)41-31-30-38(32-46(41)55)51-53-49(36-16-6-2-7-17-36)52-50(54-51)37-18-8-3-9-19-37/h1-32H. The van der Waals surface area contributed by atoms with E-state index in [-0.39, 0.29) is 0 Å². The van der Waals surface area contributed by atoms with Gasteiger partial charge < -0.3 is 8.98 Å². The first-order valence-corrected chi connectivity index (χ1v) is 18.8. The Morgan fingerprint density at radius 2 is 0.804 bits per heavy atom. The average molecular weight is 717 g/mol. The van der Waals surface area contributed by atoms with Gasteiger partial charge in [-0.2, -0.15) is 0 Å². The van der Waals surface area contributed by atoms with E-state index in [0.29, 0.717) is 17.5 Å². The molecule has 0 unspecified atom stereocenters. The highest BCUT2D eigenvalue weighted by Crippen LogP contribution is 2.41. The summed E-state index contributed by atoms with van der Waals surface area (Å²) in [5, 5.41) is 4.45. The Hall–Kier alpha value is -7.63. The van der Waals surface area contributed by atoms with Crippen molar-refractivity contribution in [2.45, 2.75) is 0 Å². The molecule has 0 radical (unpaired) electrons. The summed E-state index contributed by atoms with van der Waals surface area (Å²) in [6.07, 6.45) is 0. The minimum absolute atomic E-state index is 0.612. The summed E-state index contributed by atoms with van der Waals surface area (Å²) < 4.78 is 9.32. The van der Waals surface area contributed by atoms with Crippen LogP contribution in [-0.2, 0) is 0 Å². The van der Waals surface area contributed by atoms with Gasteiger partial charge in [0.25, 0.3) is 0 Å². The maximum atomic E-state index is 7.00. The minimum atomic E-state index is 0.612. The van der Waals surface area contributed by atoms with Gasteiger partial charge in [0.05, 0.1) is 16.7 Å². The van der Waals surface area contributed by atoms with Gasteiger partial charge in [-0.05, 0) is 34.9 Å². The van der Waals surface area contributed by atoms with E-state index in [4.69, 9.17) is 19.4 Å². The number of para-hydroxylation sites is 3. The van der Waals surface area contributed by atoms with Gasteiger partial charge in [0, 0.05) is 43.8 Å². The first kappa shape index (κ1) is 31.9. The zero-order valence-electron chi connectivity index (χ0n) is 30.2. The molecule has 0 aliphatic heterocycles. The lowest BCUT2D eigenvalue weighted by Gasteiger charge is -2.11. The van der Waals surface area contributed by atoms with Crippen LogP contribution in [0.25, 0.3) is 106 Å². The molecule has 0 bridgehead atoms. The second-order valence-corrected chi connectivity index (χ2v) is 14.0. The summed E-state index contributed by atoms with van der Waals surface area (Å²) in [7, 11) is 0. The van der Waals surface area contributed by atoms with E-state index in [0.717, 1.165) is 77.2 Å². The van der Waals surface area contributed by atoms with Crippen LogP contribution in [0.3, 0.4) is 0 Å². The summed E-state index contributed by atoms with van der Waals surface area (Å²) in [5.41, 5.74) is 12.1. The molecule has 262 valence electrons. The molecular weight excluding hydrogens is 685 g/mol. The molecule has 11 rings (SSSR count). The van der Waals surface area contributed by atoms with Crippen LogP contribution >= 0.6 is 0 Å². The number of nitrogens with zero attached hydrogens (tertiary/aromatic N) is 4. The lowest BCUT2D eigenvalue weighted by Crippen LogP contribution is -2.00. The Morgan fingerprint density at radius 3 is 1.48 bits per heavy atom. The molecule has 11 aromatic rings. The SMILES string of the molecule is c1ccc(-c2ccc(-c3cccc4c3oc3c(-n5c6ccccc6c6ccc(-c7nc(-c8ccccc8)nc(-c8ccccc8)n7)cc65)cccc34)cc2)cc1. The van der Waals surface area contributed by atoms with Gasteiger partial charge in [0.1, 0.15) is 5.58 Å². The quantitative estimate of drug-likeness (QED) is 0.172. The normalized spacial score (nSPS) is 11.6. The Kier molecular flexibility index (Phi) is 7.42. The van der Waals surface area contributed by atoms with Crippen LogP contribution in [0.1, 0.15) is 0 Å². The van der Waals surface area contributed by atoms with Crippen LogP contribution in [0, 0.1) is 0 Å². The maximum Gasteiger partial charge on any atom is 0.164 e. The number of rotatable bonds is 6. The summed E-state index contributed by atoms with van der Waals surface area (Å²) >= 11 is 0. The zero-order chi connectivity index (χ0) is 37.0. The molecule has 3 heterocycles. The fourth-order valence-corrected chi connectivity index (χ4v) is 7.99. The summed E-state index contributed by atoms with van der Waals surface area (Å²) in [4.78, 5) is 15.0. The minimum Gasteiger partial charge on any atom is -0.453 e. The highest BCUT2D eigenvalue weighted by Gasteiger charge is 2.21. The first-order chi connectivity index (χ1) is 27.8. The van der Waals surface area contributed by atoms with Gasteiger partial charge in [-0.15, -0.1) is 0 Å². The van der Waals surface area contributed by atoms with Crippen molar-refractivity contribution in [3.8, 4) is 62.1 Å². The van der Waals surface area contributed by atoms with Crippen LogP contribution in [0.4, 0.5) is 0 Å². The van der Waals surface area contributed by atoms with Crippen molar-refractivity contribution in [1.29, 1.82) is 0 Å². The Labute approximate surface area is 322 Å². The molecule has 5 heteroatoms. The highest BCUT2D eigenvalue weighted by atomic mass is 16.3. The van der Waals surface area contributed by atoms with Crippen LogP contribution in [0.15, 0.2) is 199 Å². The third-order valence-electron chi connectivity index (χ3n) is 10.7. The van der Waals surface area contributed by atoms with Crippen LogP contribution in [-0.4, -0.2) is 19.5 Å². The number of hydrogen-bond acceptors (Lipinski definition) is 4. The second-order valence-electron chi connectivity index (χ2n) is 14.0. The molecule has 0 atom stereocenters. The number of benzene rings is 8. The zero-order valence-corrected chi connectivity index (χ0v) is 30.2. The van der Waals surface area contributed by atoms with Gasteiger partial charge >= 0.3 is 0 Å². The largest absolute Gasteiger partial charge is 0.453 e. The van der Waals surface area contributed by atoms with E-state index in [9.17, 15) is 0 Å². The molecule has 0 saturated carbocycles. The van der Waals surface area contributed by atoms with E-state index in [1.165, 1.54) is 11.1 Å². The highest BCUT2D eigenvalue weighted by molar-refractivity contribution is 6.14. The van der Waals surface area contributed by atoms with Gasteiger partial charge in [-0.25, -0.2) is 15.0 Å². The monoisotopic (exact) mass is 716 g/mol. The summed E-state index contributed by atoms with van der Waals surface area (Å²) in [6, 6.07) is 67.4. The molecule has 0 amide bonds. The molecule has 0 N–H and O–H groups in total. The van der Waals surface area contributed by atoms with Crippen molar-refractivity contribution in [3.05, 3.63) is 194 Å². The van der Waals surface area contributed by atoms with Crippen LogP contribution < -0.4 is 0 Å². The molecule has 0 fully saturated rings. The maximum absolute atomic E-state index is 7.00. The lowest BCUT2D eigenvalue weighted by molar-refractivity contribution is 0.667. The van der Waals surface area contributed by atoms with E-state index in [1.54, 1.807) is 0 Å². The number of hydrogen-bond donors (Lipinski definition) is 0. The number of fused-ring (bicyclic) bond motifs is 6.